The van der Waals surface area contributed by atoms with Crippen molar-refractivity contribution in [3.63, 3.8) is 0 Å². The first-order valence-electron chi connectivity index (χ1n) is 10.4. The highest BCUT2D eigenvalue weighted by atomic mass is 35.5. The van der Waals surface area contributed by atoms with Crippen molar-refractivity contribution in [3.8, 4) is 0 Å². The second-order valence-electron chi connectivity index (χ2n) is 7.84. The van der Waals surface area contributed by atoms with Gasteiger partial charge in [0.25, 0.3) is 5.91 Å². The number of benzene rings is 3. The van der Waals surface area contributed by atoms with Crippen LogP contribution in [0.15, 0.2) is 66.7 Å². The van der Waals surface area contributed by atoms with Gasteiger partial charge in [-0.25, -0.2) is 4.39 Å². The molecule has 4 nitrogen and oxygen atoms in total. The number of anilines is 2. The molecule has 3 aromatic rings. The standard InChI is InChI=1S/C25H25ClFN3O/c1-18-6-11-22(23(26)16-18)25(31)28-20-7-9-21(10-8-20)30-14-12-29(13-15-30)17-19-4-2-3-5-24(19)27/h2-11,16H,12-15,17H2,1H3,(H,28,31). The smallest absolute Gasteiger partial charge is 0.257 e. The molecule has 31 heavy (non-hydrogen) atoms. The lowest BCUT2D eigenvalue weighted by atomic mass is 10.1. The van der Waals surface area contributed by atoms with Crippen LogP contribution in [0.25, 0.3) is 0 Å². The number of nitrogens with zero attached hydrogens (tertiary/aromatic N) is 2. The van der Waals surface area contributed by atoms with Crippen LogP contribution < -0.4 is 10.2 Å². The summed E-state index contributed by atoms with van der Waals surface area (Å²) in [7, 11) is 0. The van der Waals surface area contributed by atoms with Gasteiger partial charge in [0.2, 0.25) is 0 Å². The zero-order valence-corrected chi connectivity index (χ0v) is 18.2. The molecular formula is C25H25ClFN3O. The number of carbonyl (C=O) groups is 1. The number of aryl methyl sites for hydroxylation is 1. The number of carbonyl (C=O) groups excluding carboxylic acids is 1. The number of piperazine rings is 1. The van der Waals surface area contributed by atoms with Gasteiger partial charge in [0.05, 0.1) is 10.6 Å². The molecule has 3 aromatic carbocycles. The second kappa shape index (κ2) is 9.50. The summed E-state index contributed by atoms with van der Waals surface area (Å²) in [5.74, 6) is -0.367. The number of amides is 1. The SMILES string of the molecule is Cc1ccc(C(=O)Nc2ccc(N3CCN(Cc4ccccc4F)CC3)cc2)c(Cl)c1. The molecule has 4 rings (SSSR count). The minimum absolute atomic E-state index is 0.144. The summed E-state index contributed by atoms with van der Waals surface area (Å²) in [6, 6.07) is 20.2. The Morgan fingerprint density at radius 3 is 2.39 bits per heavy atom. The zero-order valence-electron chi connectivity index (χ0n) is 17.4. The van der Waals surface area contributed by atoms with Crippen LogP contribution in [0.1, 0.15) is 21.5 Å². The van der Waals surface area contributed by atoms with E-state index in [0.29, 0.717) is 17.1 Å². The van der Waals surface area contributed by atoms with Gasteiger partial charge in [-0.05, 0) is 55.0 Å². The Balaban J connectivity index is 1.32. The summed E-state index contributed by atoms with van der Waals surface area (Å²) in [4.78, 5) is 17.1. The van der Waals surface area contributed by atoms with Gasteiger partial charge in [-0.3, -0.25) is 9.69 Å². The van der Waals surface area contributed by atoms with E-state index in [1.165, 1.54) is 6.07 Å². The third-order valence-corrected chi connectivity index (χ3v) is 5.90. The first kappa shape index (κ1) is 21.3. The maximum atomic E-state index is 13.9. The van der Waals surface area contributed by atoms with Crippen molar-refractivity contribution < 1.29 is 9.18 Å². The van der Waals surface area contributed by atoms with Crippen LogP contribution in [0.5, 0.6) is 0 Å². The molecule has 1 aliphatic rings. The van der Waals surface area contributed by atoms with Crippen LogP contribution in [0.3, 0.4) is 0 Å². The fraction of sp³-hybridized carbons (Fsp3) is 0.240. The Bertz CT molecular complexity index is 1060. The third-order valence-electron chi connectivity index (χ3n) is 5.58. The average Bonchev–Trinajstić information content (AvgIpc) is 2.76. The number of rotatable bonds is 5. The molecule has 6 heteroatoms. The topological polar surface area (TPSA) is 35.6 Å². The van der Waals surface area contributed by atoms with E-state index in [9.17, 15) is 9.18 Å². The minimum Gasteiger partial charge on any atom is -0.369 e. The second-order valence-corrected chi connectivity index (χ2v) is 8.25. The third kappa shape index (κ3) is 5.24. The van der Waals surface area contributed by atoms with E-state index in [4.69, 9.17) is 11.6 Å². The zero-order chi connectivity index (χ0) is 21.8. The van der Waals surface area contributed by atoms with Crippen molar-refractivity contribution in [3.05, 3.63) is 94.3 Å². The highest BCUT2D eigenvalue weighted by molar-refractivity contribution is 6.34. The lowest BCUT2D eigenvalue weighted by Gasteiger charge is -2.36. The van der Waals surface area contributed by atoms with Crippen molar-refractivity contribution in [2.75, 3.05) is 36.4 Å². The Hall–Kier alpha value is -2.89. The molecule has 1 fully saturated rings. The van der Waals surface area contributed by atoms with Gasteiger partial charge in [-0.15, -0.1) is 0 Å². The van der Waals surface area contributed by atoms with E-state index in [1.807, 2.05) is 49.4 Å². The normalized spacial score (nSPS) is 14.5. The molecule has 1 N–H and O–H groups in total. The predicted molar refractivity (Wildman–Crippen MR) is 124 cm³/mol. The van der Waals surface area contributed by atoms with E-state index >= 15 is 0 Å². The highest BCUT2D eigenvalue weighted by Gasteiger charge is 2.18. The number of halogens is 2. The molecule has 1 saturated heterocycles. The first-order chi connectivity index (χ1) is 15.0. The summed E-state index contributed by atoms with van der Waals surface area (Å²) in [5.41, 5.74) is 4.05. The van der Waals surface area contributed by atoms with Crippen LogP contribution in [-0.4, -0.2) is 37.0 Å². The van der Waals surface area contributed by atoms with Crippen LogP contribution in [0.2, 0.25) is 5.02 Å². The molecule has 160 valence electrons. The lowest BCUT2D eigenvalue weighted by Crippen LogP contribution is -2.46. The minimum atomic E-state index is -0.223. The number of hydrogen-bond donors (Lipinski definition) is 1. The molecule has 0 aliphatic carbocycles. The van der Waals surface area contributed by atoms with Gasteiger partial charge < -0.3 is 10.2 Å². The fourth-order valence-corrected chi connectivity index (χ4v) is 4.11. The average molecular weight is 438 g/mol. The van der Waals surface area contributed by atoms with Gasteiger partial charge in [0, 0.05) is 49.7 Å². The summed E-state index contributed by atoms with van der Waals surface area (Å²) >= 11 is 6.20. The molecule has 0 aromatic heterocycles. The van der Waals surface area contributed by atoms with E-state index in [1.54, 1.807) is 18.2 Å². The quantitative estimate of drug-likeness (QED) is 0.583. The summed E-state index contributed by atoms with van der Waals surface area (Å²) in [6.45, 7) is 6.06. The van der Waals surface area contributed by atoms with E-state index in [-0.39, 0.29) is 11.7 Å². The summed E-state index contributed by atoms with van der Waals surface area (Å²) < 4.78 is 13.9. The predicted octanol–water partition coefficient (Wildman–Crippen LogP) is 5.36. The molecule has 0 unspecified atom stereocenters. The van der Waals surface area contributed by atoms with Crippen molar-refractivity contribution in [2.24, 2.45) is 0 Å². The van der Waals surface area contributed by atoms with Gasteiger partial charge in [-0.2, -0.15) is 0 Å². The lowest BCUT2D eigenvalue weighted by molar-refractivity contribution is 0.102. The molecule has 0 saturated carbocycles. The Labute approximate surface area is 187 Å². The molecule has 0 bridgehead atoms. The molecule has 0 radical (unpaired) electrons. The van der Waals surface area contributed by atoms with Crippen LogP contribution in [0, 0.1) is 12.7 Å². The van der Waals surface area contributed by atoms with Crippen LogP contribution in [-0.2, 0) is 6.54 Å². The highest BCUT2D eigenvalue weighted by Crippen LogP contribution is 2.23. The van der Waals surface area contributed by atoms with Crippen molar-refractivity contribution in [1.82, 2.24) is 4.90 Å². The molecule has 0 spiro atoms. The largest absolute Gasteiger partial charge is 0.369 e. The first-order valence-corrected chi connectivity index (χ1v) is 10.8. The maximum Gasteiger partial charge on any atom is 0.257 e. The number of hydrogen-bond acceptors (Lipinski definition) is 3. The van der Waals surface area contributed by atoms with Crippen molar-refractivity contribution in [2.45, 2.75) is 13.5 Å². The van der Waals surface area contributed by atoms with Gasteiger partial charge in [0.1, 0.15) is 5.82 Å². The molecule has 1 heterocycles. The molecular weight excluding hydrogens is 413 g/mol. The molecule has 0 atom stereocenters. The maximum absolute atomic E-state index is 13.9. The molecule has 1 amide bonds. The van der Waals surface area contributed by atoms with E-state index in [0.717, 1.165) is 48.7 Å². The van der Waals surface area contributed by atoms with Gasteiger partial charge in [-0.1, -0.05) is 35.9 Å². The van der Waals surface area contributed by atoms with Crippen molar-refractivity contribution >= 4 is 28.9 Å². The van der Waals surface area contributed by atoms with Gasteiger partial charge in [0.15, 0.2) is 0 Å². The van der Waals surface area contributed by atoms with Crippen LogP contribution in [0.4, 0.5) is 15.8 Å². The fourth-order valence-electron chi connectivity index (χ4n) is 3.79. The number of nitrogens with one attached hydrogen (secondary N) is 1. The van der Waals surface area contributed by atoms with Crippen LogP contribution >= 0.6 is 11.6 Å². The van der Waals surface area contributed by atoms with Crippen molar-refractivity contribution in [1.29, 1.82) is 0 Å². The van der Waals surface area contributed by atoms with E-state index in [2.05, 4.69) is 15.1 Å². The summed E-state index contributed by atoms with van der Waals surface area (Å²) in [5, 5.41) is 3.35. The Morgan fingerprint density at radius 2 is 1.71 bits per heavy atom. The van der Waals surface area contributed by atoms with E-state index < -0.39 is 0 Å². The monoisotopic (exact) mass is 437 g/mol. The summed E-state index contributed by atoms with van der Waals surface area (Å²) in [6.07, 6.45) is 0. The Kier molecular flexibility index (Phi) is 6.54. The molecule has 1 aliphatic heterocycles. The Morgan fingerprint density at radius 1 is 1.00 bits per heavy atom. The van der Waals surface area contributed by atoms with Gasteiger partial charge >= 0.3 is 0 Å².